The minimum absolute atomic E-state index is 0.194. The number of pyridine rings is 1. The summed E-state index contributed by atoms with van der Waals surface area (Å²) in [6.45, 7) is 4.63. The van der Waals surface area contributed by atoms with E-state index in [9.17, 15) is 18.0 Å². The van der Waals surface area contributed by atoms with Gasteiger partial charge in [0.1, 0.15) is 16.3 Å². The Bertz CT molecular complexity index is 1050. The molecule has 0 bridgehead atoms. The Labute approximate surface area is 161 Å². The van der Waals surface area contributed by atoms with Gasteiger partial charge in [0.2, 0.25) is 0 Å². The molecule has 0 saturated carbocycles. The number of halogens is 3. The van der Waals surface area contributed by atoms with Gasteiger partial charge in [-0.15, -0.1) is 11.3 Å². The van der Waals surface area contributed by atoms with Gasteiger partial charge in [0.05, 0.1) is 4.88 Å². The van der Waals surface area contributed by atoms with Crippen LogP contribution in [0, 0.1) is 11.7 Å². The van der Waals surface area contributed by atoms with Crippen molar-refractivity contribution >= 4 is 39.7 Å². The second-order valence-corrected chi connectivity index (χ2v) is 7.18. The van der Waals surface area contributed by atoms with E-state index in [1.54, 1.807) is 6.92 Å². The fraction of sp³-hybridized carbons (Fsp3) is 0.375. The average molecular weight is 415 g/mol. The number of carbonyl (C=O) groups is 1. The Hall–Kier alpha value is -2.27. The first-order valence-corrected chi connectivity index (χ1v) is 9.34. The second-order valence-electron chi connectivity index (χ2n) is 5.80. The van der Waals surface area contributed by atoms with E-state index in [-0.39, 0.29) is 10.7 Å². The van der Waals surface area contributed by atoms with Crippen molar-refractivity contribution in [3.8, 4) is 0 Å². The maximum absolute atomic E-state index is 12.8. The van der Waals surface area contributed by atoms with E-state index in [2.05, 4.69) is 20.5 Å². The highest BCUT2D eigenvalue weighted by Crippen LogP contribution is 2.34. The van der Waals surface area contributed by atoms with Crippen molar-refractivity contribution in [1.29, 1.82) is 0 Å². The Morgan fingerprint density at radius 2 is 2.15 bits per heavy atom. The number of carbonyl (C=O) groups excluding carboxylic acids is 1. The lowest BCUT2D eigenvalue weighted by atomic mass is 10.2. The van der Waals surface area contributed by atoms with Crippen LogP contribution < -0.4 is 5.32 Å². The molecule has 11 heteroatoms. The molecule has 0 aliphatic heterocycles. The summed E-state index contributed by atoms with van der Waals surface area (Å²) in [6.07, 6.45) is -4.04. The van der Waals surface area contributed by atoms with Crippen molar-refractivity contribution in [2.24, 2.45) is 0 Å². The normalized spacial score (nSPS) is 11.9. The SMILES string of the molecule is CCn1c(CCNC(=O)c2sc3nc(C(F)(F)F)ccc3c2C)n[nH]c1=S. The first kappa shape index (κ1) is 19.5. The molecule has 3 heterocycles. The minimum atomic E-state index is -4.52. The number of aromatic amines is 1. The number of rotatable bonds is 5. The lowest BCUT2D eigenvalue weighted by molar-refractivity contribution is -0.140. The predicted octanol–water partition coefficient (Wildman–Crippen LogP) is 3.87. The highest BCUT2D eigenvalue weighted by Gasteiger charge is 2.33. The number of H-pyrrole nitrogens is 1. The van der Waals surface area contributed by atoms with Crippen molar-refractivity contribution in [2.45, 2.75) is 33.0 Å². The van der Waals surface area contributed by atoms with Gasteiger partial charge in [-0.2, -0.15) is 18.3 Å². The molecular weight excluding hydrogens is 399 g/mol. The highest BCUT2D eigenvalue weighted by molar-refractivity contribution is 7.71. The topological polar surface area (TPSA) is 75.6 Å². The number of hydrogen-bond donors (Lipinski definition) is 2. The van der Waals surface area contributed by atoms with Crippen molar-refractivity contribution < 1.29 is 18.0 Å². The van der Waals surface area contributed by atoms with Crippen molar-refractivity contribution in [3.63, 3.8) is 0 Å². The average Bonchev–Trinajstić information content (AvgIpc) is 3.13. The van der Waals surface area contributed by atoms with Crippen LogP contribution in [-0.4, -0.2) is 32.2 Å². The summed E-state index contributed by atoms with van der Waals surface area (Å²) in [4.78, 5) is 16.7. The molecule has 0 aliphatic carbocycles. The number of amides is 1. The zero-order chi connectivity index (χ0) is 19.8. The summed E-state index contributed by atoms with van der Waals surface area (Å²) >= 11 is 6.07. The van der Waals surface area contributed by atoms with Gasteiger partial charge in [0, 0.05) is 24.9 Å². The van der Waals surface area contributed by atoms with Crippen LogP contribution in [-0.2, 0) is 19.1 Å². The first-order chi connectivity index (χ1) is 12.7. The molecule has 0 unspecified atom stereocenters. The molecule has 2 N–H and O–H groups in total. The quantitative estimate of drug-likeness (QED) is 0.621. The molecule has 0 fully saturated rings. The largest absolute Gasteiger partial charge is 0.433 e. The fourth-order valence-corrected chi connectivity index (χ4v) is 4.09. The molecule has 0 atom stereocenters. The van der Waals surface area contributed by atoms with Crippen molar-refractivity contribution in [2.75, 3.05) is 6.54 Å². The summed E-state index contributed by atoms with van der Waals surface area (Å²) in [5.41, 5.74) is -0.351. The lowest BCUT2D eigenvalue weighted by Crippen LogP contribution is -2.26. The molecule has 3 aromatic rings. The molecule has 3 rings (SSSR count). The van der Waals surface area contributed by atoms with Gasteiger partial charge < -0.3 is 9.88 Å². The Kier molecular flexibility index (Phi) is 5.33. The Morgan fingerprint density at radius 1 is 1.41 bits per heavy atom. The van der Waals surface area contributed by atoms with Gasteiger partial charge in [0.15, 0.2) is 4.77 Å². The van der Waals surface area contributed by atoms with E-state index >= 15 is 0 Å². The smallest absolute Gasteiger partial charge is 0.351 e. The molecule has 3 aromatic heterocycles. The van der Waals surface area contributed by atoms with Crippen LogP contribution in [0.1, 0.15) is 33.7 Å². The van der Waals surface area contributed by atoms with Gasteiger partial charge in [-0.25, -0.2) is 4.98 Å². The van der Waals surface area contributed by atoms with Crippen LogP contribution in [0.15, 0.2) is 12.1 Å². The molecule has 0 saturated heterocycles. The fourth-order valence-electron chi connectivity index (χ4n) is 2.71. The molecule has 0 radical (unpaired) electrons. The highest BCUT2D eigenvalue weighted by atomic mass is 32.1. The molecule has 6 nitrogen and oxygen atoms in total. The van der Waals surface area contributed by atoms with Crippen molar-refractivity contribution in [3.05, 3.63) is 38.9 Å². The summed E-state index contributed by atoms with van der Waals surface area (Å²) in [5.74, 6) is 0.383. The number of thiophene rings is 1. The van der Waals surface area contributed by atoms with E-state index < -0.39 is 11.9 Å². The molecule has 0 aliphatic rings. The monoisotopic (exact) mass is 415 g/mol. The maximum atomic E-state index is 12.8. The van der Waals surface area contributed by atoms with Crippen LogP contribution >= 0.6 is 23.6 Å². The van der Waals surface area contributed by atoms with Crippen LogP contribution in [0.3, 0.4) is 0 Å². The molecule has 0 spiro atoms. The molecule has 144 valence electrons. The molecular formula is C16H16F3N5OS2. The Balaban J connectivity index is 1.75. The summed E-state index contributed by atoms with van der Waals surface area (Å²) < 4.78 is 40.8. The number of aryl methyl sites for hydroxylation is 1. The van der Waals surface area contributed by atoms with E-state index in [0.29, 0.717) is 40.1 Å². The predicted molar refractivity (Wildman–Crippen MR) is 98.5 cm³/mol. The van der Waals surface area contributed by atoms with Gasteiger partial charge >= 0.3 is 6.18 Å². The van der Waals surface area contributed by atoms with Gasteiger partial charge in [-0.05, 0) is 43.8 Å². The number of aromatic nitrogens is 4. The van der Waals surface area contributed by atoms with E-state index in [0.717, 1.165) is 23.2 Å². The van der Waals surface area contributed by atoms with Gasteiger partial charge in [-0.3, -0.25) is 9.89 Å². The third-order valence-electron chi connectivity index (χ3n) is 4.09. The summed E-state index contributed by atoms with van der Waals surface area (Å²) in [5, 5.41) is 10.2. The number of nitrogens with one attached hydrogen (secondary N) is 2. The van der Waals surface area contributed by atoms with Crippen LogP contribution in [0.2, 0.25) is 0 Å². The number of alkyl halides is 3. The zero-order valence-electron chi connectivity index (χ0n) is 14.5. The van der Waals surface area contributed by atoms with E-state index in [4.69, 9.17) is 12.2 Å². The van der Waals surface area contributed by atoms with E-state index in [1.807, 2.05) is 11.5 Å². The summed E-state index contributed by atoms with van der Waals surface area (Å²) in [7, 11) is 0. The van der Waals surface area contributed by atoms with Gasteiger partial charge in [-0.1, -0.05) is 0 Å². The Morgan fingerprint density at radius 3 is 2.81 bits per heavy atom. The number of hydrogen-bond acceptors (Lipinski definition) is 5. The zero-order valence-corrected chi connectivity index (χ0v) is 16.1. The molecule has 1 amide bonds. The number of nitrogens with zero attached hydrogens (tertiary/aromatic N) is 3. The van der Waals surface area contributed by atoms with Gasteiger partial charge in [0.25, 0.3) is 5.91 Å². The third kappa shape index (κ3) is 3.88. The second kappa shape index (κ2) is 7.39. The van der Waals surface area contributed by atoms with E-state index in [1.165, 1.54) is 6.07 Å². The van der Waals surface area contributed by atoms with Crippen LogP contribution in [0.5, 0.6) is 0 Å². The first-order valence-electron chi connectivity index (χ1n) is 8.12. The number of fused-ring (bicyclic) bond motifs is 1. The van der Waals surface area contributed by atoms with Crippen molar-refractivity contribution in [1.82, 2.24) is 25.1 Å². The minimum Gasteiger partial charge on any atom is -0.351 e. The van der Waals surface area contributed by atoms with Crippen LogP contribution in [0.4, 0.5) is 13.2 Å². The maximum Gasteiger partial charge on any atom is 0.433 e. The lowest BCUT2D eigenvalue weighted by Gasteiger charge is -2.05. The summed E-state index contributed by atoms with van der Waals surface area (Å²) in [6, 6.07) is 2.28. The standard InChI is InChI=1S/C16H16F3N5OS2/c1-3-24-11(22-23-15(24)26)6-7-20-13(25)12-8(2)9-4-5-10(16(17,18)19)21-14(9)27-12/h4-5H,3,6-7H2,1-2H3,(H,20,25)(H,23,26). The third-order valence-corrected chi connectivity index (χ3v) is 5.60. The molecule has 27 heavy (non-hydrogen) atoms. The molecule has 0 aromatic carbocycles. The van der Waals surface area contributed by atoms with Crippen LogP contribution in [0.25, 0.3) is 10.2 Å².